The SMILES string of the molecule is CCCCNC(=O)C1CCN(c2nc3ccccc3n(CC)c2=O)CC1. The zero-order valence-corrected chi connectivity index (χ0v) is 15.7. The lowest BCUT2D eigenvalue weighted by Gasteiger charge is -2.32. The molecule has 1 fully saturated rings. The first-order valence-electron chi connectivity index (χ1n) is 9.68. The molecule has 0 saturated carbocycles. The fraction of sp³-hybridized carbons (Fsp3) is 0.550. The number of carbonyl (C=O) groups is 1. The van der Waals surface area contributed by atoms with Crippen LogP contribution in [0.4, 0.5) is 5.82 Å². The number of fused-ring (bicyclic) bond motifs is 1. The molecule has 1 aliphatic heterocycles. The summed E-state index contributed by atoms with van der Waals surface area (Å²) in [5, 5.41) is 3.02. The van der Waals surface area contributed by atoms with E-state index in [4.69, 9.17) is 0 Å². The molecule has 1 aliphatic rings. The third-order valence-electron chi connectivity index (χ3n) is 5.15. The molecule has 0 unspecified atom stereocenters. The van der Waals surface area contributed by atoms with Gasteiger partial charge in [0.25, 0.3) is 5.56 Å². The van der Waals surface area contributed by atoms with Gasteiger partial charge in [-0.25, -0.2) is 4.98 Å². The Kier molecular flexibility index (Phi) is 5.91. The van der Waals surface area contributed by atoms with Crippen molar-refractivity contribution in [2.75, 3.05) is 24.5 Å². The van der Waals surface area contributed by atoms with Crippen molar-refractivity contribution in [1.29, 1.82) is 0 Å². The van der Waals surface area contributed by atoms with Crippen LogP contribution >= 0.6 is 0 Å². The number of carbonyl (C=O) groups excluding carboxylic acids is 1. The molecule has 1 N–H and O–H groups in total. The molecule has 3 rings (SSSR count). The Bertz CT molecular complexity index is 822. The van der Waals surface area contributed by atoms with E-state index in [0.29, 0.717) is 25.5 Å². The van der Waals surface area contributed by atoms with Gasteiger partial charge in [-0.3, -0.25) is 9.59 Å². The summed E-state index contributed by atoms with van der Waals surface area (Å²) in [4.78, 5) is 31.8. The third-order valence-corrected chi connectivity index (χ3v) is 5.15. The standard InChI is InChI=1S/C20H28N4O2/c1-3-5-12-21-19(25)15-10-13-23(14-11-15)18-20(26)24(4-2)17-9-7-6-8-16(17)22-18/h6-9,15H,3-5,10-14H2,1-2H3,(H,21,25). The minimum Gasteiger partial charge on any atom is -0.356 e. The zero-order valence-electron chi connectivity index (χ0n) is 15.7. The summed E-state index contributed by atoms with van der Waals surface area (Å²) in [5.41, 5.74) is 1.66. The summed E-state index contributed by atoms with van der Waals surface area (Å²) >= 11 is 0. The van der Waals surface area contributed by atoms with Crippen molar-refractivity contribution in [1.82, 2.24) is 14.9 Å². The molecule has 6 heteroatoms. The summed E-state index contributed by atoms with van der Waals surface area (Å²) in [7, 11) is 0. The van der Waals surface area contributed by atoms with Crippen molar-refractivity contribution in [3.63, 3.8) is 0 Å². The van der Waals surface area contributed by atoms with Gasteiger partial charge >= 0.3 is 0 Å². The second-order valence-electron chi connectivity index (χ2n) is 6.88. The Balaban J connectivity index is 1.74. The molecular weight excluding hydrogens is 328 g/mol. The average molecular weight is 356 g/mol. The lowest BCUT2D eigenvalue weighted by atomic mass is 9.96. The average Bonchev–Trinajstić information content (AvgIpc) is 2.68. The van der Waals surface area contributed by atoms with Gasteiger partial charge in [-0.2, -0.15) is 0 Å². The van der Waals surface area contributed by atoms with Gasteiger partial charge in [-0.05, 0) is 38.3 Å². The number of para-hydroxylation sites is 2. The highest BCUT2D eigenvalue weighted by Crippen LogP contribution is 2.22. The predicted octanol–water partition coefficient (Wildman–Crippen LogP) is 2.55. The smallest absolute Gasteiger partial charge is 0.293 e. The number of rotatable bonds is 6. The Morgan fingerprint density at radius 2 is 1.96 bits per heavy atom. The van der Waals surface area contributed by atoms with Gasteiger partial charge in [0.2, 0.25) is 5.91 Å². The summed E-state index contributed by atoms with van der Waals surface area (Å²) in [6, 6.07) is 7.75. The van der Waals surface area contributed by atoms with Crippen molar-refractivity contribution in [3.8, 4) is 0 Å². The van der Waals surface area contributed by atoms with Gasteiger partial charge in [0, 0.05) is 32.1 Å². The monoisotopic (exact) mass is 356 g/mol. The number of nitrogens with zero attached hydrogens (tertiary/aromatic N) is 3. The first-order valence-corrected chi connectivity index (χ1v) is 9.68. The highest BCUT2D eigenvalue weighted by atomic mass is 16.2. The van der Waals surface area contributed by atoms with Crippen LogP contribution in [0.3, 0.4) is 0 Å². The lowest BCUT2D eigenvalue weighted by molar-refractivity contribution is -0.125. The topological polar surface area (TPSA) is 67.2 Å². The van der Waals surface area contributed by atoms with Crippen LogP contribution in [0, 0.1) is 5.92 Å². The Morgan fingerprint density at radius 1 is 1.23 bits per heavy atom. The lowest BCUT2D eigenvalue weighted by Crippen LogP contribution is -2.43. The number of aryl methyl sites for hydroxylation is 1. The van der Waals surface area contributed by atoms with Gasteiger partial charge < -0.3 is 14.8 Å². The van der Waals surface area contributed by atoms with Crippen LogP contribution in [0.5, 0.6) is 0 Å². The second-order valence-corrected chi connectivity index (χ2v) is 6.88. The molecule has 0 bridgehead atoms. The highest BCUT2D eigenvalue weighted by molar-refractivity contribution is 5.79. The summed E-state index contributed by atoms with van der Waals surface area (Å²) in [5.74, 6) is 0.697. The van der Waals surface area contributed by atoms with Crippen molar-refractivity contribution >= 4 is 22.8 Å². The largest absolute Gasteiger partial charge is 0.356 e. The van der Waals surface area contributed by atoms with E-state index in [9.17, 15) is 9.59 Å². The molecule has 2 heterocycles. The Morgan fingerprint density at radius 3 is 2.65 bits per heavy atom. The van der Waals surface area contributed by atoms with Gasteiger partial charge in [0.1, 0.15) is 0 Å². The molecular formula is C20H28N4O2. The van der Waals surface area contributed by atoms with Crippen molar-refractivity contribution < 1.29 is 4.79 Å². The Hall–Kier alpha value is -2.37. The van der Waals surface area contributed by atoms with Crippen LogP contribution in [0.1, 0.15) is 39.5 Å². The fourth-order valence-corrected chi connectivity index (χ4v) is 3.59. The van der Waals surface area contributed by atoms with Gasteiger partial charge in [0.05, 0.1) is 11.0 Å². The third kappa shape index (κ3) is 3.74. The Labute approximate surface area is 154 Å². The summed E-state index contributed by atoms with van der Waals surface area (Å²) < 4.78 is 1.78. The first kappa shape index (κ1) is 18.4. The van der Waals surface area contributed by atoms with Crippen LogP contribution in [-0.4, -0.2) is 35.1 Å². The number of anilines is 1. The van der Waals surface area contributed by atoms with Gasteiger partial charge in [-0.15, -0.1) is 0 Å². The molecule has 6 nitrogen and oxygen atoms in total. The number of hydrogen-bond acceptors (Lipinski definition) is 4. The molecule has 26 heavy (non-hydrogen) atoms. The molecule has 0 spiro atoms. The number of hydrogen-bond donors (Lipinski definition) is 1. The molecule has 0 radical (unpaired) electrons. The van der Waals surface area contributed by atoms with Crippen molar-refractivity contribution in [2.45, 2.75) is 46.1 Å². The normalized spacial score (nSPS) is 15.4. The maximum atomic E-state index is 12.9. The van der Waals surface area contributed by atoms with E-state index in [-0.39, 0.29) is 17.4 Å². The summed E-state index contributed by atoms with van der Waals surface area (Å²) in [6.45, 7) is 6.84. The van der Waals surface area contributed by atoms with E-state index < -0.39 is 0 Å². The molecule has 2 aromatic rings. The molecule has 1 aromatic carbocycles. The quantitative estimate of drug-likeness (QED) is 0.808. The van der Waals surface area contributed by atoms with Crippen LogP contribution in [0.25, 0.3) is 11.0 Å². The summed E-state index contributed by atoms with van der Waals surface area (Å²) in [6.07, 6.45) is 3.62. The maximum Gasteiger partial charge on any atom is 0.293 e. The van der Waals surface area contributed by atoms with Gasteiger partial charge in [-0.1, -0.05) is 25.5 Å². The second kappa shape index (κ2) is 8.34. The van der Waals surface area contributed by atoms with Crippen LogP contribution < -0.4 is 15.8 Å². The predicted molar refractivity (Wildman–Crippen MR) is 105 cm³/mol. The number of benzene rings is 1. The number of piperidine rings is 1. The molecule has 0 atom stereocenters. The number of aromatic nitrogens is 2. The molecule has 0 aliphatic carbocycles. The van der Waals surface area contributed by atoms with Crippen LogP contribution in [0.15, 0.2) is 29.1 Å². The highest BCUT2D eigenvalue weighted by Gasteiger charge is 2.27. The zero-order chi connectivity index (χ0) is 18.5. The van der Waals surface area contributed by atoms with Gasteiger partial charge in [0.15, 0.2) is 5.82 Å². The number of nitrogens with one attached hydrogen (secondary N) is 1. The van der Waals surface area contributed by atoms with E-state index in [1.54, 1.807) is 4.57 Å². The number of amides is 1. The molecule has 1 saturated heterocycles. The van der Waals surface area contributed by atoms with E-state index in [1.807, 2.05) is 36.1 Å². The minimum atomic E-state index is -0.0444. The molecule has 1 aromatic heterocycles. The first-order chi connectivity index (χ1) is 12.7. The van der Waals surface area contributed by atoms with E-state index in [1.165, 1.54) is 0 Å². The maximum absolute atomic E-state index is 12.9. The fourth-order valence-electron chi connectivity index (χ4n) is 3.59. The van der Waals surface area contributed by atoms with Crippen molar-refractivity contribution in [3.05, 3.63) is 34.6 Å². The van der Waals surface area contributed by atoms with Crippen LogP contribution in [0.2, 0.25) is 0 Å². The van der Waals surface area contributed by atoms with E-state index in [0.717, 1.165) is 43.3 Å². The van der Waals surface area contributed by atoms with Crippen molar-refractivity contribution in [2.24, 2.45) is 5.92 Å². The number of unbranched alkanes of at least 4 members (excludes halogenated alkanes) is 1. The molecule has 140 valence electrons. The molecule has 1 amide bonds. The van der Waals surface area contributed by atoms with E-state index in [2.05, 4.69) is 17.2 Å². The van der Waals surface area contributed by atoms with E-state index >= 15 is 0 Å². The minimum absolute atomic E-state index is 0.0389. The van der Waals surface area contributed by atoms with Crippen LogP contribution in [-0.2, 0) is 11.3 Å².